The summed E-state index contributed by atoms with van der Waals surface area (Å²) in [7, 11) is 0. The van der Waals surface area contributed by atoms with E-state index in [9.17, 15) is 13.2 Å². The van der Waals surface area contributed by atoms with Crippen LogP contribution in [0.4, 0.5) is 30.8 Å². The number of anilines is 3. The molecule has 2 rings (SSSR count). The van der Waals surface area contributed by atoms with Gasteiger partial charge in [0.2, 0.25) is 0 Å². The van der Waals surface area contributed by atoms with Gasteiger partial charge in [-0.05, 0) is 23.4 Å². The second kappa shape index (κ2) is 3.96. The van der Waals surface area contributed by atoms with Crippen molar-refractivity contribution in [3.8, 4) is 0 Å². The molecule has 0 amide bonds. The highest BCUT2D eigenvalue weighted by molar-refractivity contribution is 5.54. The van der Waals surface area contributed by atoms with Crippen molar-refractivity contribution in [2.75, 3.05) is 11.1 Å². The summed E-state index contributed by atoms with van der Waals surface area (Å²) in [6, 6.07) is 4.46. The molecule has 1 aromatic carbocycles. The Kier molecular flexibility index (Phi) is 2.62. The number of hydrogen-bond donors (Lipinski definition) is 2. The first-order valence-corrected chi connectivity index (χ1v) is 4.48. The van der Waals surface area contributed by atoms with Crippen molar-refractivity contribution in [3.63, 3.8) is 0 Å². The predicted molar refractivity (Wildman–Crippen MR) is 53.4 cm³/mol. The van der Waals surface area contributed by atoms with Crippen LogP contribution in [0.1, 0.15) is 5.56 Å². The molecule has 0 aliphatic heterocycles. The Labute approximate surface area is 93.4 Å². The van der Waals surface area contributed by atoms with E-state index in [1.165, 1.54) is 12.1 Å². The van der Waals surface area contributed by atoms with Gasteiger partial charge >= 0.3 is 12.2 Å². The molecule has 8 heteroatoms. The van der Waals surface area contributed by atoms with Gasteiger partial charge < -0.3 is 15.6 Å². The van der Waals surface area contributed by atoms with E-state index in [4.69, 9.17) is 5.73 Å². The Bertz CT molecular complexity index is 523. The summed E-state index contributed by atoms with van der Waals surface area (Å²) < 4.78 is 41.7. The maximum Gasteiger partial charge on any atom is 0.416 e. The first kappa shape index (κ1) is 11.2. The molecule has 0 radical (unpaired) electrons. The molecule has 90 valence electrons. The lowest BCUT2D eigenvalue weighted by atomic mass is 10.2. The van der Waals surface area contributed by atoms with Crippen LogP contribution in [0.25, 0.3) is 0 Å². The number of nitrogens with two attached hydrogens (primary N) is 1. The Morgan fingerprint density at radius 3 is 2.65 bits per heavy atom. The molecule has 0 spiro atoms. The maximum absolute atomic E-state index is 12.4. The van der Waals surface area contributed by atoms with Crippen molar-refractivity contribution >= 4 is 17.7 Å². The molecule has 17 heavy (non-hydrogen) atoms. The SMILES string of the molecule is Nc1nc(Nc2cccc(C(F)(F)F)c2)no1. The van der Waals surface area contributed by atoms with Gasteiger partial charge in [-0.1, -0.05) is 6.07 Å². The number of benzene rings is 1. The van der Waals surface area contributed by atoms with Crippen LogP contribution in [-0.2, 0) is 6.18 Å². The predicted octanol–water partition coefficient (Wildman–Crippen LogP) is 2.41. The second-order valence-corrected chi connectivity index (χ2v) is 3.16. The monoisotopic (exact) mass is 244 g/mol. The molecule has 2 aromatic rings. The zero-order valence-corrected chi connectivity index (χ0v) is 8.32. The van der Waals surface area contributed by atoms with Crippen LogP contribution in [0.3, 0.4) is 0 Å². The van der Waals surface area contributed by atoms with Crippen molar-refractivity contribution in [2.24, 2.45) is 0 Å². The molecule has 0 bridgehead atoms. The average Bonchev–Trinajstić information content (AvgIpc) is 2.63. The molecular weight excluding hydrogens is 237 g/mol. The van der Waals surface area contributed by atoms with Gasteiger partial charge in [-0.25, -0.2) is 0 Å². The van der Waals surface area contributed by atoms with E-state index in [1.807, 2.05) is 0 Å². The molecule has 1 aromatic heterocycles. The average molecular weight is 244 g/mol. The number of rotatable bonds is 2. The molecule has 5 nitrogen and oxygen atoms in total. The maximum atomic E-state index is 12.4. The summed E-state index contributed by atoms with van der Waals surface area (Å²) in [6.07, 6.45) is -4.39. The summed E-state index contributed by atoms with van der Waals surface area (Å²) in [5.74, 6) is 0.00169. The standard InChI is InChI=1S/C9H7F3N4O/c10-9(11,12)5-2-1-3-6(4-5)14-8-15-7(13)17-16-8/h1-4H,(H3,13,14,15,16). The van der Waals surface area contributed by atoms with Gasteiger partial charge in [0, 0.05) is 5.69 Å². The van der Waals surface area contributed by atoms with Crippen molar-refractivity contribution < 1.29 is 17.7 Å². The molecular formula is C9H7F3N4O. The zero-order chi connectivity index (χ0) is 12.5. The van der Waals surface area contributed by atoms with Crippen LogP contribution in [0.15, 0.2) is 28.8 Å². The van der Waals surface area contributed by atoms with Crippen LogP contribution in [-0.4, -0.2) is 10.1 Å². The van der Waals surface area contributed by atoms with E-state index >= 15 is 0 Å². The second-order valence-electron chi connectivity index (χ2n) is 3.16. The summed E-state index contributed by atoms with van der Waals surface area (Å²) in [6.45, 7) is 0. The van der Waals surface area contributed by atoms with E-state index in [1.54, 1.807) is 0 Å². The van der Waals surface area contributed by atoms with Gasteiger partial charge in [0.25, 0.3) is 5.95 Å². The highest BCUT2D eigenvalue weighted by Gasteiger charge is 2.30. The highest BCUT2D eigenvalue weighted by atomic mass is 19.4. The fraction of sp³-hybridized carbons (Fsp3) is 0.111. The topological polar surface area (TPSA) is 77.0 Å². The molecule has 0 aliphatic carbocycles. The van der Waals surface area contributed by atoms with Gasteiger partial charge in [0.05, 0.1) is 5.56 Å². The minimum atomic E-state index is -4.39. The summed E-state index contributed by atoms with van der Waals surface area (Å²) in [5.41, 5.74) is 4.60. The quantitative estimate of drug-likeness (QED) is 0.848. The molecule has 0 saturated carbocycles. The molecule has 3 N–H and O–H groups in total. The first-order chi connectivity index (χ1) is 7.95. The molecule has 0 aliphatic rings. The molecule has 0 fully saturated rings. The lowest BCUT2D eigenvalue weighted by Crippen LogP contribution is -2.05. The Morgan fingerprint density at radius 1 is 1.29 bits per heavy atom. The smallest absolute Gasteiger partial charge is 0.351 e. The van der Waals surface area contributed by atoms with Crippen molar-refractivity contribution in [1.82, 2.24) is 10.1 Å². The van der Waals surface area contributed by atoms with Crippen molar-refractivity contribution in [1.29, 1.82) is 0 Å². The normalized spacial score (nSPS) is 11.5. The lowest BCUT2D eigenvalue weighted by molar-refractivity contribution is -0.137. The summed E-state index contributed by atoms with van der Waals surface area (Å²) >= 11 is 0. The van der Waals surface area contributed by atoms with Crippen LogP contribution < -0.4 is 11.1 Å². The van der Waals surface area contributed by atoms with Crippen LogP contribution in [0.5, 0.6) is 0 Å². The highest BCUT2D eigenvalue weighted by Crippen LogP contribution is 2.31. The molecule has 0 atom stereocenters. The third-order valence-corrected chi connectivity index (χ3v) is 1.89. The minimum absolute atomic E-state index is 0.00169. The first-order valence-electron chi connectivity index (χ1n) is 4.48. The minimum Gasteiger partial charge on any atom is -0.351 e. The van der Waals surface area contributed by atoms with Gasteiger partial charge in [-0.3, -0.25) is 0 Å². The third-order valence-electron chi connectivity index (χ3n) is 1.89. The lowest BCUT2D eigenvalue weighted by Gasteiger charge is -2.08. The van der Waals surface area contributed by atoms with Gasteiger partial charge in [-0.15, -0.1) is 0 Å². The Hall–Kier alpha value is -2.25. The number of hydrogen-bond acceptors (Lipinski definition) is 5. The number of nitrogens with zero attached hydrogens (tertiary/aromatic N) is 2. The summed E-state index contributed by atoms with van der Waals surface area (Å²) in [5, 5.41) is 5.94. The summed E-state index contributed by atoms with van der Waals surface area (Å²) in [4.78, 5) is 3.61. The fourth-order valence-electron chi connectivity index (χ4n) is 1.19. The number of nitrogens with one attached hydrogen (secondary N) is 1. The Balaban J connectivity index is 2.22. The van der Waals surface area contributed by atoms with Gasteiger partial charge in [0.1, 0.15) is 0 Å². The number of nitrogen functional groups attached to an aromatic ring is 1. The van der Waals surface area contributed by atoms with Crippen molar-refractivity contribution in [2.45, 2.75) is 6.18 Å². The van der Waals surface area contributed by atoms with Crippen LogP contribution in [0.2, 0.25) is 0 Å². The van der Waals surface area contributed by atoms with E-state index in [0.29, 0.717) is 0 Å². The van der Waals surface area contributed by atoms with Crippen molar-refractivity contribution in [3.05, 3.63) is 29.8 Å². The molecule has 1 heterocycles. The number of halogens is 3. The fourth-order valence-corrected chi connectivity index (χ4v) is 1.19. The van der Waals surface area contributed by atoms with E-state index < -0.39 is 11.7 Å². The van der Waals surface area contributed by atoms with E-state index in [-0.39, 0.29) is 17.7 Å². The van der Waals surface area contributed by atoms with Gasteiger partial charge in [0.15, 0.2) is 0 Å². The van der Waals surface area contributed by atoms with E-state index in [2.05, 4.69) is 20.0 Å². The van der Waals surface area contributed by atoms with Crippen LogP contribution in [0, 0.1) is 0 Å². The van der Waals surface area contributed by atoms with E-state index in [0.717, 1.165) is 12.1 Å². The number of alkyl halides is 3. The Morgan fingerprint density at radius 2 is 2.06 bits per heavy atom. The third kappa shape index (κ3) is 2.65. The largest absolute Gasteiger partial charge is 0.416 e. The number of aromatic nitrogens is 2. The van der Waals surface area contributed by atoms with Gasteiger partial charge in [-0.2, -0.15) is 18.2 Å². The zero-order valence-electron chi connectivity index (χ0n) is 8.32. The molecule has 0 unspecified atom stereocenters. The molecule has 0 saturated heterocycles. The van der Waals surface area contributed by atoms with Crippen LogP contribution >= 0.6 is 0 Å².